The molecule has 1 aromatic rings. The van der Waals surface area contributed by atoms with Crippen LogP contribution in [-0.2, 0) is 16.1 Å². The van der Waals surface area contributed by atoms with Crippen LogP contribution in [0.5, 0.6) is 11.5 Å². The highest BCUT2D eigenvalue weighted by Crippen LogP contribution is 2.59. The molecule has 1 heterocycles. The summed E-state index contributed by atoms with van der Waals surface area (Å²) in [4.78, 5) is 0. The molecule has 114 valence electrons. The lowest BCUT2D eigenvalue weighted by Crippen LogP contribution is -2.33. The molecule has 0 spiro atoms. The molecule has 1 fully saturated rings. The minimum Gasteiger partial charge on any atom is -0.504 e. The predicted molar refractivity (Wildman–Crippen MR) is 79.9 cm³/mol. The van der Waals surface area contributed by atoms with E-state index < -0.39 is 0 Å². The Morgan fingerprint density at radius 2 is 2.24 bits per heavy atom. The van der Waals surface area contributed by atoms with E-state index in [4.69, 9.17) is 14.2 Å². The summed E-state index contributed by atoms with van der Waals surface area (Å²) in [7, 11) is 1.59. The zero-order valence-corrected chi connectivity index (χ0v) is 12.6. The molecule has 0 amide bonds. The number of fused-ring (bicyclic) bond motifs is 4. The summed E-state index contributed by atoms with van der Waals surface area (Å²) in [5, 5.41) is 10.5. The van der Waals surface area contributed by atoms with Gasteiger partial charge in [-0.3, -0.25) is 0 Å². The van der Waals surface area contributed by atoms with Gasteiger partial charge < -0.3 is 19.3 Å². The molecule has 2 unspecified atom stereocenters. The number of aromatic hydroxyl groups is 1. The number of ether oxygens (including phenoxy) is 3. The summed E-state index contributed by atoms with van der Waals surface area (Å²) in [6.45, 7) is 7.31. The van der Waals surface area contributed by atoms with E-state index in [2.05, 4.69) is 13.5 Å². The molecule has 0 radical (unpaired) electrons. The van der Waals surface area contributed by atoms with Gasteiger partial charge in [-0.2, -0.15) is 0 Å². The van der Waals surface area contributed by atoms with Crippen LogP contribution in [0.3, 0.4) is 0 Å². The Labute approximate surface area is 125 Å². The largest absolute Gasteiger partial charge is 0.504 e. The van der Waals surface area contributed by atoms with Crippen LogP contribution in [0.2, 0.25) is 0 Å². The fraction of sp³-hybridized carbons (Fsp3) is 0.529. The molecule has 0 saturated carbocycles. The Balaban J connectivity index is 2.03. The molecular formula is C17H22O4. The summed E-state index contributed by atoms with van der Waals surface area (Å²) >= 11 is 0. The van der Waals surface area contributed by atoms with Crippen molar-refractivity contribution in [1.82, 2.24) is 0 Å². The first-order chi connectivity index (χ1) is 10.2. The molecule has 1 aliphatic carbocycles. The minimum absolute atomic E-state index is 0.0800. The highest BCUT2D eigenvalue weighted by Gasteiger charge is 2.45. The zero-order chi connectivity index (χ0) is 15.0. The van der Waals surface area contributed by atoms with Gasteiger partial charge >= 0.3 is 0 Å². The highest BCUT2D eigenvalue weighted by molar-refractivity contribution is 5.65. The maximum atomic E-state index is 10.5. The van der Waals surface area contributed by atoms with Crippen LogP contribution in [0.15, 0.2) is 12.7 Å². The molecule has 1 saturated heterocycles. The number of hydrogen-bond donors (Lipinski definition) is 1. The van der Waals surface area contributed by atoms with Crippen molar-refractivity contribution >= 4 is 0 Å². The van der Waals surface area contributed by atoms with Crippen molar-refractivity contribution in [2.75, 3.05) is 20.3 Å². The first kappa shape index (κ1) is 14.4. The van der Waals surface area contributed by atoms with Crippen molar-refractivity contribution in [3.63, 3.8) is 0 Å². The molecule has 2 atom stereocenters. The molecule has 4 nitrogen and oxygen atoms in total. The van der Waals surface area contributed by atoms with Crippen LogP contribution < -0.4 is 4.74 Å². The van der Waals surface area contributed by atoms with Crippen molar-refractivity contribution in [3.8, 4) is 11.5 Å². The van der Waals surface area contributed by atoms with E-state index in [1.165, 1.54) is 5.56 Å². The molecule has 0 bridgehead atoms. The van der Waals surface area contributed by atoms with E-state index in [-0.39, 0.29) is 11.9 Å². The van der Waals surface area contributed by atoms with Gasteiger partial charge in [-0.15, -0.1) is 6.58 Å². The molecule has 1 aromatic carbocycles. The Bertz CT molecular complexity index is 565. The molecule has 4 heteroatoms. The van der Waals surface area contributed by atoms with Crippen molar-refractivity contribution in [1.29, 1.82) is 0 Å². The standard InChI is InChI=1S/C17H22O4/c1-4-7-20-9-12-10(2)13-11-6-5-8-21-16(11)14(13)17(19-3)15(12)18/h4,11,16,18H,1,5-9H2,2-3H3. The summed E-state index contributed by atoms with van der Waals surface area (Å²) in [5.41, 5.74) is 4.24. The zero-order valence-electron chi connectivity index (χ0n) is 12.6. The normalized spacial score (nSPS) is 23.0. The second-order valence-electron chi connectivity index (χ2n) is 5.66. The SMILES string of the molecule is C=CCOCc1c(C)c2c(c(OC)c1O)C1OCCCC21. The maximum absolute atomic E-state index is 10.5. The number of phenols is 1. The van der Waals surface area contributed by atoms with Crippen LogP contribution in [0.1, 0.15) is 47.1 Å². The van der Waals surface area contributed by atoms with Gasteiger partial charge in [0, 0.05) is 23.7 Å². The van der Waals surface area contributed by atoms with E-state index in [0.29, 0.717) is 24.9 Å². The van der Waals surface area contributed by atoms with Gasteiger partial charge in [0.2, 0.25) is 0 Å². The average molecular weight is 290 g/mol. The molecule has 21 heavy (non-hydrogen) atoms. The predicted octanol–water partition coefficient (Wildman–Crippen LogP) is 3.36. The van der Waals surface area contributed by atoms with Gasteiger partial charge in [0.1, 0.15) is 0 Å². The first-order valence-corrected chi connectivity index (χ1v) is 7.43. The van der Waals surface area contributed by atoms with Crippen molar-refractivity contribution in [3.05, 3.63) is 34.9 Å². The lowest BCUT2D eigenvalue weighted by atomic mass is 9.67. The Hall–Kier alpha value is -1.52. The van der Waals surface area contributed by atoms with Crippen LogP contribution in [-0.4, -0.2) is 25.4 Å². The minimum atomic E-state index is 0.0800. The van der Waals surface area contributed by atoms with Gasteiger partial charge in [0.15, 0.2) is 11.5 Å². The monoisotopic (exact) mass is 290 g/mol. The van der Waals surface area contributed by atoms with Gasteiger partial charge in [-0.05, 0) is 30.9 Å². The van der Waals surface area contributed by atoms with Crippen molar-refractivity contribution in [2.24, 2.45) is 0 Å². The highest BCUT2D eigenvalue weighted by atomic mass is 16.5. The number of methoxy groups -OCH3 is 1. The average Bonchev–Trinajstić information content (AvgIpc) is 2.48. The van der Waals surface area contributed by atoms with E-state index in [1.807, 2.05) is 0 Å². The number of rotatable bonds is 5. The summed E-state index contributed by atoms with van der Waals surface area (Å²) in [5.74, 6) is 1.17. The Kier molecular flexibility index (Phi) is 3.91. The maximum Gasteiger partial charge on any atom is 0.166 e. The molecule has 0 aromatic heterocycles. The van der Waals surface area contributed by atoms with E-state index in [1.54, 1.807) is 13.2 Å². The third-order valence-corrected chi connectivity index (χ3v) is 4.56. The van der Waals surface area contributed by atoms with Gasteiger partial charge in [0.05, 0.1) is 26.4 Å². The van der Waals surface area contributed by atoms with Crippen molar-refractivity contribution in [2.45, 2.75) is 38.4 Å². The van der Waals surface area contributed by atoms with Crippen LogP contribution in [0, 0.1) is 6.92 Å². The number of hydrogen-bond acceptors (Lipinski definition) is 4. The Morgan fingerprint density at radius 3 is 2.95 bits per heavy atom. The third-order valence-electron chi connectivity index (χ3n) is 4.56. The smallest absolute Gasteiger partial charge is 0.166 e. The van der Waals surface area contributed by atoms with E-state index in [9.17, 15) is 5.11 Å². The molecule has 2 aliphatic rings. The van der Waals surface area contributed by atoms with E-state index in [0.717, 1.165) is 36.1 Å². The van der Waals surface area contributed by atoms with Crippen LogP contribution in [0.25, 0.3) is 0 Å². The Morgan fingerprint density at radius 1 is 1.43 bits per heavy atom. The fourth-order valence-corrected chi connectivity index (χ4v) is 3.58. The quantitative estimate of drug-likeness (QED) is 0.667. The summed E-state index contributed by atoms with van der Waals surface area (Å²) in [6.07, 6.45) is 4.01. The van der Waals surface area contributed by atoms with Gasteiger partial charge in [-0.25, -0.2) is 0 Å². The molecule has 3 rings (SSSR count). The van der Waals surface area contributed by atoms with Crippen LogP contribution in [0.4, 0.5) is 0 Å². The first-order valence-electron chi connectivity index (χ1n) is 7.43. The summed E-state index contributed by atoms with van der Waals surface area (Å²) in [6, 6.07) is 0. The lowest BCUT2D eigenvalue weighted by Gasteiger charge is -2.45. The fourth-order valence-electron chi connectivity index (χ4n) is 3.58. The lowest BCUT2D eigenvalue weighted by molar-refractivity contribution is -0.0246. The third kappa shape index (κ3) is 2.14. The van der Waals surface area contributed by atoms with E-state index >= 15 is 0 Å². The summed E-state index contributed by atoms with van der Waals surface area (Å²) < 4.78 is 16.8. The second-order valence-corrected chi connectivity index (χ2v) is 5.66. The van der Waals surface area contributed by atoms with Gasteiger partial charge in [0.25, 0.3) is 0 Å². The number of benzene rings is 1. The number of phenolic OH excluding ortho intramolecular Hbond substituents is 1. The second kappa shape index (κ2) is 5.70. The topological polar surface area (TPSA) is 47.9 Å². The van der Waals surface area contributed by atoms with Crippen LogP contribution >= 0.6 is 0 Å². The molecular weight excluding hydrogens is 268 g/mol. The molecule has 1 N–H and O–H groups in total. The molecule has 1 aliphatic heterocycles. The van der Waals surface area contributed by atoms with Gasteiger partial charge in [-0.1, -0.05) is 6.08 Å². The van der Waals surface area contributed by atoms with Crippen molar-refractivity contribution < 1.29 is 19.3 Å².